The minimum absolute atomic E-state index is 0.207. The molecule has 0 aliphatic heterocycles. The van der Waals surface area contributed by atoms with E-state index in [1.165, 1.54) is 12.1 Å². The fraction of sp³-hybridized carbons (Fsp3) is 0.643. The second-order valence-electron chi connectivity index (χ2n) is 5.24. The van der Waals surface area contributed by atoms with Crippen molar-refractivity contribution in [1.82, 2.24) is 4.98 Å². The number of halogens is 3. The fourth-order valence-corrected chi connectivity index (χ4v) is 2.35. The van der Waals surface area contributed by atoms with E-state index in [1.807, 2.05) is 0 Å². The van der Waals surface area contributed by atoms with Gasteiger partial charge in [0.2, 0.25) is 0 Å². The molecule has 0 aromatic carbocycles. The highest BCUT2D eigenvalue weighted by molar-refractivity contribution is 5.35. The summed E-state index contributed by atoms with van der Waals surface area (Å²) < 4.78 is 43.2. The number of anilines is 1. The van der Waals surface area contributed by atoms with Crippen LogP contribution in [-0.2, 0) is 10.9 Å². The lowest BCUT2D eigenvalue weighted by molar-refractivity contribution is -0.141. The summed E-state index contributed by atoms with van der Waals surface area (Å²) in [6.07, 6.45) is -0.386. The molecular formula is C14H20F3N3O. The number of hydrogen-bond acceptors (Lipinski definition) is 4. The first-order valence-electron chi connectivity index (χ1n) is 7.10. The Morgan fingerprint density at radius 1 is 1.24 bits per heavy atom. The van der Waals surface area contributed by atoms with E-state index in [9.17, 15) is 13.2 Å². The van der Waals surface area contributed by atoms with E-state index in [2.05, 4.69) is 10.3 Å². The molecule has 0 saturated heterocycles. The molecule has 3 N–H and O–H groups in total. The molecule has 1 fully saturated rings. The molecular weight excluding hydrogens is 283 g/mol. The normalized spacial score (nSPS) is 23.0. The average molecular weight is 303 g/mol. The number of alkyl halides is 3. The summed E-state index contributed by atoms with van der Waals surface area (Å²) >= 11 is 0. The molecule has 1 aliphatic rings. The molecule has 1 aromatic rings. The molecule has 0 radical (unpaired) electrons. The molecule has 21 heavy (non-hydrogen) atoms. The molecule has 0 atom stereocenters. The maximum atomic E-state index is 12.5. The second-order valence-corrected chi connectivity index (χ2v) is 5.24. The third-order valence-electron chi connectivity index (χ3n) is 3.52. The zero-order chi connectivity index (χ0) is 15.3. The zero-order valence-corrected chi connectivity index (χ0v) is 11.7. The van der Waals surface area contributed by atoms with Crippen molar-refractivity contribution in [1.29, 1.82) is 0 Å². The number of ether oxygens (including phenoxy) is 1. The van der Waals surface area contributed by atoms with Crippen LogP contribution in [0.4, 0.5) is 19.0 Å². The molecule has 118 valence electrons. The lowest BCUT2D eigenvalue weighted by Gasteiger charge is -2.26. The highest BCUT2D eigenvalue weighted by Gasteiger charge is 2.32. The largest absolute Gasteiger partial charge is 0.433 e. The first-order chi connectivity index (χ1) is 9.95. The van der Waals surface area contributed by atoms with Crippen LogP contribution in [0, 0.1) is 0 Å². The van der Waals surface area contributed by atoms with Crippen molar-refractivity contribution in [3.8, 4) is 0 Å². The van der Waals surface area contributed by atoms with Crippen LogP contribution in [0.25, 0.3) is 0 Å². The lowest BCUT2D eigenvalue weighted by atomic mass is 9.94. The van der Waals surface area contributed by atoms with E-state index in [-0.39, 0.29) is 18.0 Å². The first-order valence-corrected chi connectivity index (χ1v) is 7.10. The first kappa shape index (κ1) is 16.0. The lowest BCUT2D eigenvalue weighted by Crippen LogP contribution is -2.31. The summed E-state index contributed by atoms with van der Waals surface area (Å²) in [5.74, 6) is 0.207. The Balaban J connectivity index is 1.71. The van der Waals surface area contributed by atoms with Gasteiger partial charge in [-0.15, -0.1) is 0 Å². The van der Waals surface area contributed by atoms with E-state index in [1.54, 1.807) is 0 Å². The van der Waals surface area contributed by atoms with Gasteiger partial charge < -0.3 is 15.8 Å². The van der Waals surface area contributed by atoms with Gasteiger partial charge in [0.15, 0.2) is 0 Å². The highest BCUT2D eigenvalue weighted by Crippen LogP contribution is 2.28. The van der Waals surface area contributed by atoms with Crippen LogP contribution in [0.3, 0.4) is 0 Å². The maximum absolute atomic E-state index is 12.5. The molecule has 2 rings (SSSR count). The molecule has 4 nitrogen and oxygen atoms in total. The molecule has 0 amide bonds. The number of hydrogen-bond donors (Lipinski definition) is 2. The van der Waals surface area contributed by atoms with Crippen LogP contribution in [-0.4, -0.2) is 30.3 Å². The fourth-order valence-electron chi connectivity index (χ4n) is 2.35. The number of aromatic nitrogens is 1. The van der Waals surface area contributed by atoms with Gasteiger partial charge >= 0.3 is 6.18 Å². The summed E-state index contributed by atoms with van der Waals surface area (Å²) in [5, 5.41) is 2.84. The number of nitrogens with zero attached hydrogens (tertiary/aromatic N) is 1. The Labute approximate surface area is 121 Å². The monoisotopic (exact) mass is 303 g/mol. The number of rotatable bonds is 5. The standard InChI is InChI=1S/C14H20F3N3O/c15-14(16,17)12-2-1-3-13(20-12)19-8-9-21-11-6-4-10(18)5-7-11/h1-3,10-11H,4-9,18H2,(H,19,20). The van der Waals surface area contributed by atoms with Crippen molar-refractivity contribution in [2.24, 2.45) is 5.73 Å². The van der Waals surface area contributed by atoms with Crippen molar-refractivity contribution in [2.75, 3.05) is 18.5 Å². The predicted molar refractivity (Wildman–Crippen MR) is 73.9 cm³/mol. The summed E-state index contributed by atoms with van der Waals surface area (Å²) in [5.41, 5.74) is 4.92. The summed E-state index contributed by atoms with van der Waals surface area (Å²) in [6, 6.07) is 4.07. The Bertz CT molecular complexity index is 445. The molecule has 7 heteroatoms. The Hall–Kier alpha value is -1.34. The van der Waals surface area contributed by atoms with Crippen LogP contribution in [0.2, 0.25) is 0 Å². The third-order valence-corrected chi connectivity index (χ3v) is 3.52. The summed E-state index contributed by atoms with van der Waals surface area (Å²) in [4.78, 5) is 3.53. The SMILES string of the molecule is NC1CCC(OCCNc2cccc(C(F)(F)F)n2)CC1. The molecule has 1 aromatic heterocycles. The van der Waals surface area contributed by atoms with E-state index >= 15 is 0 Å². The van der Waals surface area contributed by atoms with Crippen LogP contribution in [0.15, 0.2) is 18.2 Å². The van der Waals surface area contributed by atoms with Gasteiger partial charge in [-0.1, -0.05) is 6.07 Å². The van der Waals surface area contributed by atoms with Crippen molar-refractivity contribution in [2.45, 2.75) is 44.0 Å². The molecule has 1 aliphatic carbocycles. The molecule has 1 heterocycles. The van der Waals surface area contributed by atoms with E-state index in [0.717, 1.165) is 31.7 Å². The van der Waals surface area contributed by atoms with Crippen LogP contribution in [0.1, 0.15) is 31.4 Å². The van der Waals surface area contributed by atoms with E-state index in [0.29, 0.717) is 13.2 Å². The van der Waals surface area contributed by atoms with Crippen molar-refractivity contribution in [3.05, 3.63) is 23.9 Å². The minimum atomic E-state index is -4.42. The van der Waals surface area contributed by atoms with Crippen molar-refractivity contribution in [3.63, 3.8) is 0 Å². The molecule has 0 bridgehead atoms. The zero-order valence-electron chi connectivity index (χ0n) is 11.7. The Morgan fingerprint density at radius 2 is 1.95 bits per heavy atom. The van der Waals surface area contributed by atoms with Gasteiger partial charge in [0.1, 0.15) is 11.5 Å². The average Bonchev–Trinajstić information content (AvgIpc) is 2.45. The molecule has 0 unspecified atom stereocenters. The Morgan fingerprint density at radius 3 is 2.62 bits per heavy atom. The number of nitrogens with one attached hydrogen (secondary N) is 1. The second kappa shape index (κ2) is 7.09. The van der Waals surface area contributed by atoms with Gasteiger partial charge in [0.25, 0.3) is 0 Å². The maximum Gasteiger partial charge on any atom is 0.433 e. The number of nitrogens with two attached hydrogens (primary N) is 1. The van der Waals surface area contributed by atoms with Gasteiger partial charge in [-0.3, -0.25) is 0 Å². The highest BCUT2D eigenvalue weighted by atomic mass is 19.4. The van der Waals surface area contributed by atoms with Gasteiger partial charge in [-0.05, 0) is 37.8 Å². The van der Waals surface area contributed by atoms with Crippen LogP contribution >= 0.6 is 0 Å². The number of pyridine rings is 1. The third kappa shape index (κ3) is 5.17. The Kier molecular flexibility index (Phi) is 5.41. The van der Waals surface area contributed by atoms with E-state index < -0.39 is 11.9 Å². The minimum Gasteiger partial charge on any atom is -0.376 e. The molecule has 0 spiro atoms. The van der Waals surface area contributed by atoms with Crippen molar-refractivity contribution >= 4 is 5.82 Å². The molecule has 1 saturated carbocycles. The van der Waals surface area contributed by atoms with Gasteiger partial charge in [-0.2, -0.15) is 13.2 Å². The van der Waals surface area contributed by atoms with Gasteiger partial charge in [0, 0.05) is 12.6 Å². The van der Waals surface area contributed by atoms with Crippen LogP contribution in [0.5, 0.6) is 0 Å². The topological polar surface area (TPSA) is 60.2 Å². The van der Waals surface area contributed by atoms with Gasteiger partial charge in [0.05, 0.1) is 12.7 Å². The quantitative estimate of drug-likeness (QED) is 0.821. The summed E-state index contributed by atoms with van der Waals surface area (Å²) in [7, 11) is 0. The van der Waals surface area contributed by atoms with Crippen LogP contribution < -0.4 is 11.1 Å². The summed E-state index contributed by atoms with van der Waals surface area (Å²) in [6.45, 7) is 0.870. The van der Waals surface area contributed by atoms with E-state index in [4.69, 9.17) is 10.5 Å². The smallest absolute Gasteiger partial charge is 0.376 e. The predicted octanol–water partition coefficient (Wildman–Crippen LogP) is 2.80. The van der Waals surface area contributed by atoms with Crippen molar-refractivity contribution < 1.29 is 17.9 Å². The van der Waals surface area contributed by atoms with Gasteiger partial charge in [-0.25, -0.2) is 4.98 Å².